The molecule has 0 N–H and O–H groups in total. The van der Waals surface area contributed by atoms with E-state index >= 15 is 0 Å². The maximum Gasteiger partial charge on any atom is 0.310 e. The molecule has 1 unspecified atom stereocenters. The second-order valence-electron chi connectivity index (χ2n) is 5.25. The summed E-state index contributed by atoms with van der Waals surface area (Å²) in [6, 6.07) is 5.70. The maximum absolute atomic E-state index is 12.2. The molecule has 1 atom stereocenters. The van der Waals surface area contributed by atoms with E-state index in [1.807, 2.05) is 18.2 Å². The molecule has 21 heavy (non-hydrogen) atoms. The lowest BCUT2D eigenvalue weighted by Gasteiger charge is -2.31. The van der Waals surface area contributed by atoms with E-state index in [0.29, 0.717) is 26.0 Å². The first-order valence-corrected chi connectivity index (χ1v) is 7.55. The summed E-state index contributed by atoms with van der Waals surface area (Å²) in [5.74, 6) is -0.258. The van der Waals surface area contributed by atoms with E-state index in [0.717, 1.165) is 25.1 Å². The van der Waals surface area contributed by atoms with Crippen molar-refractivity contribution in [2.24, 2.45) is 5.92 Å². The van der Waals surface area contributed by atoms with Crippen LogP contribution in [-0.4, -0.2) is 41.5 Å². The Balaban J connectivity index is 1.83. The number of nitrogens with zero attached hydrogens (tertiary/aromatic N) is 2. The van der Waals surface area contributed by atoms with Crippen LogP contribution >= 0.6 is 0 Å². The van der Waals surface area contributed by atoms with Gasteiger partial charge >= 0.3 is 5.97 Å². The van der Waals surface area contributed by atoms with E-state index in [4.69, 9.17) is 4.74 Å². The summed E-state index contributed by atoms with van der Waals surface area (Å²) in [7, 11) is 0. The molecular formula is C16H22N2O3. The quantitative estimate of drug-likeness (QED) is 0.776. The third-order valence-corrected chi connectivity index (χ3v) is 3.72. The Morgan fingerprint density at radius 2 is 2.29 bits per heavy atom. The first-order valence-electron chi connectivity index (χ1n) is 7.55. The molecule has 1 saturated heterocycles. The molecule has 0 aliphatic carbocycles. The lowest BCUT2D eigenvalue weighted by Crippen LogP contribution is -2.42. The van der Waals surface area contributed by atoms with Gasteiger partial charge in [0.25, 0.3) is 0 Å². The van der Waals surface area contributed by atoms with Gasteiger partial charge in [-0.2, -0.15) is 0 Å². The third kappa shape index (κ3) is 4.55. The van der Waals surface area contributed by atoms with Gasteiger partial charge in [0.15, 0.2) is 0 Å². The summed E-state index contributed by atoms with van der Waals surface area (Å²) < 4.78 is 5.05. The number of esters is 1. The van der Waals surface area contributed by atoms with Crippen LogP contribution in [0.1, 0.15) is 31.9 Å². The van der Waals surface area contributed by atoms with Crippen molar-refractivity contribution >= 4 is 11.9 Å². The van der Waals surface area contributed by atoms with E-state index in [2.05, 4.69) is 4.98 Å². The Labute approximate surface area is 125 Å². The van der Waals surface area contributed by atoms with Crippen molar-refractivity contribution in [3.63, 3.8) is 0 Å². The van der Waals surface area contributed by atoms with Crippen molar-refractivity contribution in [1.82, 2.24) is 9.88 Å². The summed E-state index contributed by atoms with van der Waals surface area (Å²) in [5, 5.41) is 0. The van der Waals surface area contributed by atoms with Crippen LogP contribution in [-0.2, 0) is 20.7 Å². The predicted octanol–water partition coefficient (Wildman–Crippen LogP) is 1.82. The molecule has 1 amide bonds. The number of aryl methyl sites for hydroxylation is 1. The fraction of sp³-hybridized carbons (Fsp3) is 0.562. The Morgan fingerprint density at radius 1 is 1.43 bits per heavy atom. The van der Waals surface area contributed by atoms with Gasteiger partial charge in [-0.1, -0.05) is 6.07 Å². The molecule has 114 valence electrons. The number of likely N-dealkylation sites (tertiary alicyclic amines) is 1. The van der Waals surface area contributed by atoms with Crippen LogP contribution in [0, 0.1) is 5.92 Å². The normalized spacial score (nSPS) is 18.3. The number of carbonyl (C=O) groups is 2. The van der Waals surface area contributed by atoms with Crippen LogP contribution in [0.2, 0.25) is 0 Å². The minimum absolute atomic E-state index is 0.0923. The highest BCUT2D eigenvalue weighted by Crippen LogP contribution is 2.19. The smallest absolute Gasteiger partial charge is 0.310 e. The van der Waals surface area contributed by atoms with Crippen molar-refractivity contribution in [3.05, 3.63) is 30.1 Å². The number of pyridine rings is 1. The van der Waals surface area contributed by atoms with Gasteiger partial charge in [-0.05, 0) is 38.3 Å². The van der Waals surface area contributed by atoms with Crippen molar-refractivity contribution in [3.8, 4) is 0 Å². The monoisotopic (exact) mass is 290 g/mol. The summed E-state index contributed by atoms with van der Waals surface area (Å²) in [6.45, 7) is 3.41. The van der Waals surface area contributed by atoms with Crippen LogP contribution in [0.5, 0.6) is 0 Å². The van der Waals surface area contributed by atoms with Gasteiger partial charge < -0.3 is 9.64 Å². The highest BCUT2D eigenvalue weighted by atomic mass is 16.5. The number of rotatable bonds is 5. The van der Waals surface area contributed by atoms with Crippen molar-refractivity contribution < 1.29 is 14.3 Å². The number of aromatic nitrogens is 1. The number of amides is 1. The van der Waals surface area contributed by atoms with Gasteiger partial charge in [0, 0.05) is 31.4 Å². The SMILES string of the molecule is CCOC(=O)C1CCCN(C(=O)CCc2ccccn2)C1. The second kappa shape index (κ2) is 7.76. The lowest BCUT2D eigenvalue weighted by atomic mass is 9.97. The Morgan fingerprint density at radius 3 is 3.00 bits per heavy atom. The molecule has 2 heterocycles. The lowest BCUT2D eigenvalue weighted by molar-refractivity contribution is -0.151. The summed E-state index contributed by atoms with van der Waals surface area (Å²) in [6.07, 6.45) is 4.48. The number of carbonyl (C=O) groups excluding carboxylic acids is 2. The zero-order valence-corrected chi connectivity index (χ0v) is 12.5. The molecule has 0 bridgehead atoms. The minimum Gasteiger partial charge on any atom is -0.466 e. The van der Waals surface area contributed by atoms with Crippen LogP contribution < -0.4 is 0 Å². The Bertz CT molecular complexity index is 476. The summed E-state index contributed by atoms with van der Waals surface area (Å²) in [5.41, 5.74) is 0.921. The van der Waals surface area contributed by atoms with E-state index in [1.54, 1.807) is 18.0 Å². The highest BCUT2D eigenvalue weighted by molar-refractivity contribution is 5.78. The molecule has 2 rings (SSSR count). The van der Waals surface area contributed by atoms with Crippen molar-refractivity contribution in [2.75, 3.05) is 19.7 Å². The molecule has 0 spiro atoms. The first kappa shape index (κ1) is 15.5. The van der Waals surface area contributed by atoms with Gasteiger partial charge in [0.2, 0.25) is 5.91 Å². The van der Waals surface area contributed by atoms with Crippen LogP contribution in [0.15, 0.2) is 24.4 Å². The standard InChI is InChI=1S/C16H22N2O3/c1-2-21-16(20)13-6-5-11-18(12-13)15(19)9-8-14-7-3-4-10-17-14/h3-4,7,10,13H,2,5-6,8-9,11-12H2,1H3. The number of hydrogen-bond donors (Lipinski definition) is 0. The molecule has 0 saturated carbocycles. The fourth-order valence-electron chi connectivity index (χ4n) is 2.60. The largest absolute Gasteiger partial charge is 0.466 e. The first-order chi connectivity index (χ1) is 10.2. The Kier molecular flexibility index (Phi) is 5.72. The molecule has 1 aliphatic rings. The highest BCUT2D eigenvalue weighted by Gasteiger charge is 2.28. The average molecular weight is 290 g/mol. The van der Waals surface area contributed by atoms with Crippen LogP contribution in [0.25, 0.3) is 0 Å². The zero-order chi connectivity index (χ0) is 15.1. The average Bonchev–Trinajstić information content (AvgIpc) is 2.54. The minimum atomic E-state index is -0.181. The number of piperidine rings is 1. The van der Waals surface area contributed by atoms with Crippen molar-refractivity contribution in [2.45, 2.75) is 32.6 Å². The number of ether oxygens (including phenoxy) is 1. The van der Waals surface area contributed by atoms with Gasteiger partial charge in [-0.15, -0.1) is 0 Å². The van der Waals surface area contributed by atoms with E-state index in [1.165, 1.54) is 0 Å². The van der Waals surface area contributed by atoms with E-state index in [-0.39, 0.29) is 17.8 Å². The fourth-order valence-corrected chi connectivity index (χ4v) is 2.60. The van der Waals surface area contributed by atoms with Gasteiger partial charge in [0.05, 0.1) is 12.5 Å². The van der Waals surface area contributed by atoms with Crippen molar-refractivity contribution in [1.29, 1.82) is 0 Å². The van der Waals surface area contributed by atoms with E-state index in [9.17, 15) is 9.59 Å². The number of hydrogen-bond acceptors (Lipinski definition) is 4. The van der Waals surface area contributed by atoms with Gasteiger partial charge in [-0.3, -0.25) is 14.6 Å². The molecule has 5 nitrogen and oxygen atoms in total. The topological polar surface area (TPSA) is 59.5 Å². The zero-order valence-electron chi connectivity index (χ0n) is 12.5. The predicted molar refractivity (Wildman–Crippen MR) is 78.5 cm³/mol. The second-order valence-corrected chi connectivity index (χ2v) is 5.25. The van der Waals surface area contributed by atoms with E-state index < -0.39 is 0 Å². The van der Waals surface area contributed by atoms with Gasteiger partial charge in [-0.25, -0.2) is 0 Å². The Hall–Kier alpha value is -1.91. The molecule has 0 aromatic carbocycles. The molecular weight excluding hydrogens is 268 g/mol. The third-order valence-electron chi connectivity index (χ3n) is 3.72. The van der Waals surface area contributed by atoms with Crippen LogP contribution in [0.3, 0.4) is 0 Å². The molecule has 5 heteroatoms. The molecule has 1 aliphatic heterocycles. The molecule has 1 fully saturated rings. The molecule has 0 radical (unpaired) electrons. The summed E-state index contributed by atoms with van der Waals surface area (Å²) in [4.78, 5) is 30.0. The molecule has 1 aromatic rings. The van der Waals surface area contributed by atoms with Crippen LogP contribution in [0.4, 0.5) is 0 Å². The maximum atomic E-state index is 12.2. The van der Waals surface area contributed by atoms with Gasteiger partial charge in [0.1, 0.15) is 0 Å². The summed E-state index contributed by atoms with van der Waals surface area (Å²) >= 11 is 0. The molecule has 1 aromatic heterocycles.